The third kappa shape index (κ3) is 5.09. The minimum atomic E-state index is -1.13. The van der Waals surface area contributed by atoms with Gasteiger partial charge in [-0.15, -0.1) is 0 Å². The summed E-state index contributed by atoms with van der Waals surface area (Å²) in [6.07, 6.45) is 17.7. The van der Waals surface area contributed by atoms with E-state index in [1.54, 1.807) is 6.08 Å². The maximum absolute atomic E-state index is 12.7. The highest BCUT2D eigenvalue weighted by molar-refractivity contribution is 6.21. The van der Waals surface area contributed by atoms with Crippen LogP contribution in [-0.2, 0) is 14.4 Å². The zero-order chi connectivity index (χ0) is 24.2. The van der Waals surface area contributed by atoms with E-state index in [0.29, 0.717) is 36.0 Å². The monoisotopic (exact) mass is 466 g/mol. The molecule has 2 aliphatic heterocycles. The first-order valence-corrected chi connectivity index (χ1v) is 12.3. The number of nitrogens with one attached hydrogen (secondary N) is 2. The number of carbonyl (C=O) groups excluding carboxylic acids is 3. The van der Waals surface area contributed by atoms with Gasteiger partial charge in [0.15, 0.2) is 5.78 Å². The van der Waals surface area contributed by atoms with E-state index in [1.807, 2.05) is 12.2 Å². The van der Waals surface area contributed by atoms with Gasteiger partial charge in [0.25, 0.3) is 5.91 Å². The number of allylic oxidation sites excluding steroid dienone is 7. The number of aliphatic hydroxyl groups is 2. The highest BCUT2D eigenvalue weighted by Gasteiger charge is 2.44. The van der Waals surface area contributed by atoms with E-state index in [2.05, 4.69) is 41.9 Å². The maximum atomic E-state index is 12.7. The molecule has 0 unspecified atom stereocenters. The van der Waals surface area contributed by atoms with E-state index >= 15 is 0 Å². The Kier molecular flexibility index (Phi) is 7.51. The summed E-state index contributed by atoms with van der Waals surface area (Å²) in [6, 6.07) is -1.04. The van der Waals surface area contributed by atoms with Crippen molar-refractivity contribution in [2.45, 2.75) is 51.2 Å². The summed E-state index contributed by atoms with van der Waals surface area (Å²) in [6.45, 7) is 2.43. The summed E-state index contributed by atoms with van der Waals surface area (Å²) in [5.74, 6) is 0.810. The van der Waals surface area contributed by atoms with Crippen LogP contribution in [0.4, 0.5) is 0 Å². The molecular weight excluding hydrogens is 432 g/mol. The Labute approximate surface area is 200 Å². The van der Waals surface area contributed by atoms with E-state index in [-0.39, 0.29) is 30.9 Å². The SMILES string of the molecule is C[C@H]1C=C[C@@H]2[C@@H]1C[C@@H]1/C=C/CCC(=O)C3=C(O)[C@@H](NC3=O)[C@@H](O)CCNC(=O)/C=C/C=C\C[C@@H]21. The number of hydrogen-bond donors (Lipinski definition) is 4. The summed E-state index contributed by atoms with van der Waals surface area (Å²) in [7, 11) is 0. The first-order chi connectivity index (χ1) is 16.4. The average molecular weight is 467 g/mol. The van der Waals surface area contributed by atoms with Gasteiger partial charge in [-0.25, -0.2) is 0 Å². The van der Waals surface area contributed by atoms with Crippen molar-refractivity contribution in [3.8, 4) is 0 Å². The lowest BCUT2D eigenvalue weighted by atomic mass is 9.85. The lowest BCUT2D eigenvalue weighted by Crippen LogP contribution is -2.41. The second kappa shape index (κ2) is 10.6. The molecule has 4 rings (SSSR count). The van der Waals surface area contributed by atoms with Gasteiger partial charge in [-0.2, -0.15) is 0 Å². The Balaban J connectivity index is 1.52. The molecule has 182 valence electrons. The molecule has 0 aromatic rings. The van der Waals surface area contributed by atoms with Gasteiger partial charge in [-0.3, -0.25) is 14.4 Å². The second-order valence-electron chi connectivity index (χ2n) is 9.82. The molecule has 0 radical (unpaired) electrons. The van der Waals surface area contributed by atoms with Crippen LogP contribution in [0.5, 0.6) is 0 Å². The van der Waals surface area contributed by atoms with E-state index in [0.717, 1.165) is 12.8 Å². The molecule has 2 amide bonds. The molecule has 0 aromatic heterocycles. The first kappa shape index (κ1) is 24.2. The summed E-state index contributed by atoms with van der Waals surface area (Å²) in [4.78, 5) is 37.0. The van der Waals surface area contributed by atoms with Gasteiger partial charge in [0.1, 0.15) is 17.4 Å². The number of amides is 2. The van der Waals surface area contributed by atoms with Crippen molar-refractivity contribution in [3.63, 3.8) is 0 Å². The number of Topliss-reactive ketones (excluding diaryl/α,β-unsaturated/α-hetero) is 1. The summed E-state index contributed by atoms with van der Waals surface area (Å²) < 4.78 is 0. The molecule has 4 aliphatic rings. The fourth-order valence-electron chi connectivity index (χ4n) is 5.84. The van der Waals surface area contributed by atoms with Gasteiger partial charge >= 0.3 is 0 Å². The van der Waals surface area contributed by atoms with Crippen LogP contribution in [0.1, 0.15) is 39.0 Å². The highest BCUT2D eigenvalue weighted by atomic mass is 16.3. The van der Waals surface area contributed by atoms with Crippen molar-refractivity contribution in [3.05, 3.63) is 59.9 Å². The molecule has 4 N–H and O–H groups in total. The molecule has 0 spiro atoms. The molecule has 0 saturated heterocycles. The normalized spacial score (nSPS) is 39.7. The average Bonchev–Trinajstić information content (AvgIpc) is 3.43. The number of rotatable bonds is 0. The minimum absolute atomic E-state index is 0.117. The quantitative estimate of drug-likeness (QED) is 0.324. The van der Waals surface area contributed by atoms with Gasteiger partial charge in [0, 0.05) is 19.0 Å². The minimum Gasteiger partial charge on any atom is -0.509 e. The molecule has 1 saturated carbocycles. The molecule has 1 fully saturated rings. The maximum Gasteiger partial charge on any atom is 0.259 e. The van der Waals surface area contributed by atoms with Gasteiger partial charge in [0.2, 0.25) is 5.91 Å². The zero-order valence-corrected chi connectivity index (χ0v) is 19.5. The van der Waals surface area contributed by atoms with Crippen LogP contribution in [0.3, 0.4) is 0 Å². The van der Waals surface area contributed by atoms with Crippen LogP contribution in [0.25, 0.3) is 0 Å². The number of ketones is 1. The van der Waals surface area contributed by atoms with Crippen LogP contribution < -0.4 is 10.6 Å². The van der Waals surface area contributed by atoms with Crippen LogP contribution in [0.15, 0.2) is 59.9 Å². The smallest absolute Gasteiger partial charge is 0.259 e. The van der Waals surface area contributed by atoms with E-state index in [9.17, 15) is 24.6 Å². The Bertz CT molecular complexity index is 976. The molecule has 7 atom stereocenters. The molecule has 0 aromatic carbocycles. The van der Waals surface area contributed by atoms with E-state index < -0.39 is 29.6 Å². The highest BCUT2D eigenvalue weighted by Crippen LogP contribution is 2.51. The van der Waals surface area contributed by atoms with Crippen LogP contribution >= 0.6 is 0 Å². The predicted molar refractivity (Wildman–Crippen MR) is 128 cm³/mol. The van der Waals surface area contributed by atoms with Gasteiger partial charge < -0.3 is 20.8 Å². The van der Waals surface area contributed by atoms with Gasteiger partial charge in [-0.1, -0.05) is 49.5 Å². The van der Waals surface area contributed by atoms with Crippen molar-refractivity contribution in [2.24, 2.45) is 29.6 Å². The molecule has 7 nitrogen and oxygen atoms in total. The first-order valence-electron chi connectivity index (χ1n) is 12.3. The third-order valence-electron chi connectivity index (χ3n) is 7.69. The molecular formula is C27H34N2O5. The van der Waals surface area contributed by atoms with Crippen LogP contribution in [0, 0.1) is 29.6 Å². The fourth-order valence-corrected chi connectivity index (χ4v) is 5.84. The largest absolute Gasteiger partial charge is 0.509 e. The van der Waals surface area contributed by atoms with E-state index in [4.69, 9.17) is 0 Å². The zero-order valence-electron chi connectivity index (χ0n) is 19.5. The molecule has 2 heterocycles. The second-order valence-corrected chi connectivity index (χ2v) is 9.82. The standard InChI is InChI=1S/C27H34N2O5/c1-16-11-12-19-18-8-3-2-4-10-23(32)28-14-13-22(31)25-26(33)24(27(34)29-25)21(30)9-6-5-7-17(18)15-20(16)19/h2-5,7,10-12,16-20,22,25,31,33H,6,8-9,13-15H2,1H3,(H,28,32)(H,29,34)/b3-2-,7-5+,10-4+/t16-,17-,18+,19-,20+,22-,25-/m0/s1. The van der Waals surface area contributed by atoms with Crippen LogP contribution in [-0.4, -0.2) is 46.5 Å². The van der Waals surface area contributed by atoms with Crippen molar-refractivity contribution >= 4 is 17.6 Å². The summed E-state index contributed by atoms with van der Waals surface area (Å²) in [5.41, 5.74) is -0.267. The number of aliphatic hydroxyl groups excluding tert-OH is 2. The van der Waals surface area contributed by atoms with Crippen LogP contribution in [0.2, 0.25) is 0 Å². The predicted octanol–water partition coefficient (Wildman–Crippen LogP) is 2.66. The van der Waals surface area contributed by atoms with Crippen molar-refractivity contribution in [1.82, 2.24) is 10.6 Å². The summed E-state index contributed by atoms with van der Waals surface area (Å²) >= 11 is 0. The lowest BCUT2D eigenvalue weighted by Gasteiger charge is -2.20. The number of fused-ring (bicyclic) bond motifs is 4. The van der Waals surface area contributed by atoms with E-state index in [1.165, 1.54) is 6.08 Å². The fraction of sp³-hybridized carbons (Fsp3) is 0.519. The van der Waals surface area contributed by atoms with Gasteiger partial charge in [0.05, 0.1) is 6.10 Å². The molecule has 7 heteroatoms. The Hall–Kier alpha value is -2.93. The van der Waals surface area contributed by atoms with Gasteiger partial charge in [-0.05, 0) is 55.3 Å². The topological polar surface area (TPSA) is 116 Å². The van der Waals surface area contributed by atoms with Crippen molar-refractivity contribution in [2.75, 3.05) is 6.54 Å². The third-order valence-corrected chi connectivity index (χ3v) is 7.69. The lowest BCUT2D eigenvalue weighted by molar-refractivity contribution is -0.122. The molecule has 2 aliphatic carbocycles. The van der Waals surface area contributed by atoms with Crippen molar-refractivity contribution < 1.29 is 24.6 Å². The molecule has 2 bridgehead atoms. The number of hydrogen-bond acceptors (Lipinski definition) is 5. The summed E-state index contributed by atoms with van der Waals surface area (Å²) in [5, 5.41) is 26.0. The Morgan fingerprint density at radius 2 is 1.85 bits per heavy atom. The Morgan fingerprint density at radius 3 is 2.68 bits per heavy atom. The molecule has 34 heavy (non-hydrogen) atoms. The van der Waals surface area contributed by atoms with Crippen molar-refractivity contribution in [1.29, 1.82) is 0 Å². The number of carbonyl (C=O) groups is 3. The Morgan fingerprint density at radius 1 is 1.03 bits per heavy atom.